The van der Waals surface area contributed by atoms with E-state index in [1.807, 2.05) is 0 Å². The summed E-state index contributed by atoms with van der Waals surface area (Å²) in [6.45, 7) is 0.731. The fraction of sp³-hybridized carbons (Fsp3) is 0.474. The summed E-state index contributed by atoms with van der Waals surface area (Å²) in [4.78, 5) is 27.2. The number of alkyl halides is 4. The number of carbonyl (C=O) groups excluding carboxylic acids is 1. The average Bonchev–Trinajstić information content (AvgIpc) is 2.95. The summed E-state index contributed by atoms with van der Waals surface area (Å²) in [6.07, 6.45) is -0.729. The van der Waals surface area contributed by atoms with Crippen molar-refractivity contribution >= 4 is 11.9 Å². The van der Waals surface area contributed by atoms with Gasteiger partial charge >= 0.3 is 6.18 Å². The van der Waals surface area contributed by atoms with E-state index in [2.05, 4.69) is 15.0 Å². The van der Waals surface area contributed by atoms with Gasteiger partial charge in [-0.25, -0.2) is 14.4 Å². The zero-order chi connectivity index (χ0) is 21.4. The number of fused-ring (bicyclic) bond motifs is 1. The van der Waals surface area contributed by atoms with E-state index in [4.69, 9.17) is 4.74 Å². The lowest BCUT2D eigenvalue weighted by Crippen LogP contribution is -2.53. The van der Waals surface area contributed by atoms with Crippen molar-refractivity contribution in [1.29, 1.82) is 0 Å². The predicted octanol–water partition coefficient (Wildman–Crippen LogP) is 2.62. The first-order valence-corrected chi connectivity index (χ1v) is 9.45. The summed E-state index contributed by atoms with van der Waals surface area (Å²) >= 11 is 0. The first-order chi connectivity index (χ1) is 14.3. The molecular formula is C19H19F4N5O2. The Labute approximate surface area is 169 Å². The Balaban J connectivity index is 1.44. The number of ether oxygens (including phenoxy) is 1. The molecule has 2 aliphatic rings. The summed E-state index contributed by atoms with van der Waals surface area (Å²) in [5, 5.41) is 0. The molecule has 160 valence electrons. The largest absolute Gasteiger partial charge is 0.491 e. The van der Waals surface area contributed by atoms with Crippen LogP contribution in [-0.4, -0.2) is 57.7 Å². The number of nitrogens with zero attached hydrogens (tertiary/aromatic N) is 5. The molecule has 0 atom stereocenters. The van der Waals surface area contributed by atoms with Crippen LogP contribution in [0.15, 0.2) is 30.7 Å². The van der Waals surface area contributed by atoms with Crippen LogP contribution in [0.3, 0.4) is 0 Å². The minimum Gasteiger partial charge on any atom is -0.491 e. The number of anilines is 1. The summed E-state index contributed by atoms with van der Waals surface area (Å²) in [6, 6.07) is 2.48. The zero-order valence-corrected chi connectivity index (χ0v) is 15.9. The van der Waals surface area contributed by atoms with Gasteiger partial charge in [0.05, 0.1) is 13.1 Å². The maximum absolute atomic E-state index is 15.5. The number of piperidine rings is 1. The number of aromatic nitrogens is 3. The van der Waals surface area contributed by atoms with Crippen molar-refractivity contribution in [2.75, 3.05) is 31.1 Å². The topological polar surface area (TPSA) is 71.5 Å². The second kappa shape index (κ2) is 7.69. The van der Waals surface area contributed by atoms with Crippen LogP contribution >= 0.6 is 0 Å². The van der Waals surface area contributed by atoms with E-state index in [0.717, 1.165) is 12.3 Å². The monoisotopic (exact) mass is 425 g/mol. The van der Waals surface area contributed by atoms with Crippen LogP contribution in [0.4, 0.5) is 23.5 Å². The van der Waals surface area contributed by atoms with E-state index in [1.165, 1.54) is 9.80 Å². The van der Waals surface area contributed by atoms with Gasteiger partial charge in [-0.05, 0) is 12.1 Å². The molecule has 1 fully saturated rings. The third-order valence-corrected chi connectivity index (χ3v) is 5.28. The number of hydrogen-bond acceptors (Lipinski definition) is 6. The first kappa shape index (κ1) is 20.3. The average molecular weight is 425 g/mol. The van der Waals surface area contributed by atoms with Crippen molar-refractivity contribution in [1.82, 2.24) is 19.9 Å². The Morgan fingerprint density at radius 3 is 2.63 bits per heavy atom. The van der Waals surface area contributed by atoms with Crippen LogP contribution in [0.2, 0.25) is 0 Å². The number of pyridine rings is 1. The molecule has 11 heteroatoms. The highest BCUT2D eigenvalue weighted by Crippen LogP contribution is 2.33. The highest BCUT2D eigenvalue weighted by Gasteiger charge is 2.45. The molecule has 0 aliphatic carbocycles. The molecule has 4 heterocycles. The van der Waals surface area contributed by atoms with Gasteiger partial charge in [-0.1, -0.05) is 0 Å². The molecule has 2 aliphatic heterocycles. The number of rotatable bonds is 2. The molecule has 1 amide bonds. The maximum Gasteiger partial charge on any atom is 0.433 e. The van der Waals surface area contributed by atoms with Crippen molar-refractivity contribution in [3.8, 4) is 5.75 Å². The van der Waals surface area contributed by atoms with Crippen molar-refractivity contribution < 1.29 is 27.1 Å². The standard InChI is InChI=1S/C19H19F4N5O2/c20-18(16(29)28-9-10-30-14-1-5-24-11-13(14)12-28)3-7-27(8-4-18)17-25-6-2-15(26-17)19(21,22)23/h1-2,5-6,11H,3-4,7-10,12H2. The van der Waals surface area contributed by atoms with E-state index in [9.17, 15) is 18.0 Å². The molecule has 2 aromatic rings. The van der Waals surface area contributed by atoms with E-state index in [0.29, 0.717) is 11.3 Å². The van der Waals surface area contributed by atoms with Crippen LogP contribution in [0, 0.1) is 0 Å². The predicted molar refractivity (Wildman–Crippen MR) is 97.5 cm³/mol. The van der Waals surface area contributed by atoms with Crippen molar-refractivity contribution in [2.24, 2.45) is 0 Å². The summed E-state index contributed by atoms with van der Waals surface area (Å²) in [7, 11) is 0. The Morgan fingerprint density at radius 1 is 1.13 bits per heavy atom. The summed E-state index contributed by atoms with van der Waals surface area (Å²) < 4.78 is 59.7. The maximum atomic E-state index is 15.5. The molecule has 0 aromatic carbocycles. The highest BCUT2D eigenvalue weighted by atomic mass is 19.4. The van der Waals surface area contributed by atoms with Gasteiger partial charge in [0.25, 0.3) is 5.91 Å². The van der Waals surface area contributed by atoms with Crippen LogP contribution < -0.4 is 9.64 Å². The molecule has 1 saturated heterocycles. The highest BCUT2D eigenvalue weighted by molar-refractivity contribution is 5.85. The van der Waals surface area contributed by atoms with Gasteiger partial charge in [0.1, 0.15) is 18.1 Å². The van der Waals surface area contributed by atoms with Gasteiger partial charge in [0.15, 0.2) is 5.67 Å². The summed E-state index contributed by atoms with van der Waals surface area (Å²) in [5.41, 5.74) is -2.47. The van der Waals surface area contributed by atoms with Gasteiger partial charge in [0, 0.05) is 50.1 Å². The van der Waals surface area contributed by atoms with Gasteiger partial charge < -0.3 is 14.5 Å². The van der Waals surface area contributed by atoms with Crippen molar-refractivity contribution in [3.63, 3.8) is 0 Å². The minimum atomic E-state index is -4.59. The van der Waals surface area contributed by atoms with E-state index in [1.54, 1.807) is 18.5 Å². The molecule has 0 spiro atoms. The lowest BCUT2D eigenvalue weighted by Gasteiger charge is -2.37. The van der Waals surface area contributed by atoms with E-state index < -0.39 is 23.4 Å². The third kappa shape index (κ3) is 4.01. The fourth-order valence-corrected chi connectivity index (χ4v) is 3.61. The number of carbonyl (C=O) groups is 1. The molecular weight excluding hydrogens is 406 g/mol. The molecule has 0 bridgehead atoms. The molecule has 0 radical (unpaired) electrons. The molecule has 4 rings (SSSR count). The second-order valence-electron chi connectivity index (χ2n) is 7.25. The van der Waals surface area contributed by atoms with Crippen LogP contribution in [0.1, 0.15) is 24.1 Å². The van der Waals surface area contributed by atoms with E-state index in [-0.39, 0.29) is 51.6 Å². The van der Waals surface area contributed by atoms with Crippen molar-refractivity contribution in [2.45, 2.75) is 31.2 Å². The first-order valence-electron chi connectivity index (χ1n) is 9.45. The number of halogens is 4. The smallest absolute Gasteiger partial charge is 0.433 e. The van der Waals surface area contributed by atoms with Gasteiger partial charge in [-0.15, -0.1) is 0 Å². The summed E-state index contributed by atoms with van der Waals surface area (Å²) in [5.74, 6) is -0.153. The Bertz CT molecular complexity index is 931. The van der Waals surface area contributed by atoms with Crippen LogP contribution in [0.5, 0.6) is 5.75 Å². The molecule has 0 N–H and O–H groups in total. The fourth-order valence-electron chi connectivity index (χ4n) is 3.61. The van der Waals surface area contributed by atoms with E-state index >= 15 is 4.39 Å². The molecule has 7 nitrogen and oxygen atoms in total. The normalized spacial score (nSPS) is 18.9. The van der Waals surface area contributed by atoms with Crippen LogP contribution in [0.25, 0.3) is 0 Å². The zero-order valence-electron chi connectivity index (χ0n) is 15.9. The van der Waals surface area contributed by atoms with Crippen molar-refractivity contribution in [3.05, 3.63) is 42.0 Å². The lowest BCUT2D eigenvalue weighted by molar-refractivity contribution is -0.146. The molecule has 0 unspecified atom stereocenters. The lowest BCUT2D eigenvalue weighted by atomic mass is 9.91. The number of hydrogen-bond donors (Lipinski definition) is 0. The molecule has 0 saturated carbocycles. The SMILES string of the molecule is O=C(N1CCOc2ccncc2C1)C1(F)CCN(c2nccc(C(F)(F)F)n2)CC1. The second-order valence-corrected chi connectivity index (χ2v) is 7.25. The Morgan fingerprint density at radius 2 is 1.90 bits per heavy atom. The van der Waals surface area contributed by atoms with Gasteiger partial charge in [0.2, 0.25) is 5.95 Å². The molecule has 30 heavy (non-hydrogen) atoms. The number of amides is 1. The van der Waals surface area contributed by atoms with Crippen LogP contribution in [-0.2, 0) is 17.5 Å². The Kier molecular flexibility index (Phi) is 5.20. The quantitative estimate of drug-likeness (QED) is 0.689. The Hall–Kier alpha value is -2.98. The third-order valence-electron chi connectivity index (χ3n) is 5.28. The molecule has 2 aromatic heterocycles. The van der Waals surface area contributed by atoms with Gasteiger partial charge in [-0.3, -0.25) is 9.78 Å². The minimum absolute atomic E-state index is 0.0338. The van der Waals surface area contributed by atoms with Gasteiger partial charge in [-0.2, -0.15) is 13.2 Å².